The lowest BCUT2D eigenvalue weighted by Gasteiger charge is -1.97. The van der Waals surface area contributed by atoms with E-state index in [9.17, 15) is 4.79 Å². The molecule has 0 radical (unpaired) electrons. The number of aryl methyl sites for hydroxylation is 1. The minimum Gasteiger partial charge on any atom is -0.481 e. The Bertz CT molecular complexity index is 398. The average Bonchev–Trinajstić information content (AvgIpc) is 3.05. The highest BCUT2D eigenvalue weighted by Crippen LogP contribution is 2.43. The summed E-state index contributed by atoms with van der Waals surface area (Å²) in [5, 5.41) is 9.81. The molecule has 0 spiro atoms. The number of ether oxygens (including phenoxy) is 1. The normalized spacial score (nSPS) is 15.1. The van der Waals surface area contributed by atoms with E-state index in [0.29, 0.717) is 18.9 Å². The Morgan fingerprint density at radius 2 is 2.29 bits per heavy atom. The van der Waals surface area contributed by atoms with Crippen LogP contribution in [0.15, 0.2) is 0 Å². The third-order valence-corrected chi connectivity index (χ3v) is 4.01. The molecule has 5 heteroatoms. The summed E-state index contributed by atoms with van der Waals surface area (Å²) in [6.07, 6.45) is 4.05. The van der Waals surface area contributed by atoms with E-state index in [1.54, 1.807) is 18.4 Å². The van der Waals surface area contributed by atoms with Crippen molar-refractivity contribution in [3.8, 4) is 0 Å². The van der Waals surface area contributed by atoms with Gasteiger partial charge in [-0.15, -0.1) is 11.3 Å². The third kappa shape index (κ3) is 3.51. The monoisotopic (exact) mass is 255 g/mol. The van der Waals surface area contributed by atoms with Crippen LogP contribution in [0.4, 0.5) is 0 Å². The van der Waals surface area contributed by atoms with Gasteiger partial charge in [0.25, 0.3) is 0 Å². The zero-order valence-corrected chi connectivity index (χ0v) is 10.8. The van der Waals surface area contributed by atoms with Gasteiger partial charge in [0.05, 0.1) is 23.7 Å². The summed E-state index contributed by atoms with van der Waals surface area (Å²) in [6.45, 7) is 0.677. The number of hydrogen-bond acceptors (Lipinski definition) is 4. The fourth-order valence-electron chi connectivity index (χ4n) is 1.79. The molecule has 1 heterocycles. The van der Waals surface area contributed by atoms with E-state index in [4.69, 9.17) is 9.84 Å². The molecule has 94 valence electrons. The first-order chi connectivity index (χ1) is 8.20. The number of rotatable bonds is 7. The molecule has 1 saturated carbocycles. The Labute approximate surface area is 105 Å². The minimum absolute atomic E-state index is 0.200. The van der Waals surface area contributed by atoms with Crippen LogP contribution in [0.1, 0.15) is 40.8 Å². The lowest BCUT2D eigenvalue weighted by molar-refractivity contribution is -0.136. The summed E-state index contributed by atoms with van der Waals surface area (Å²) in [5.41, 5.74) is 1.15. The van der Waals surface area contributed by atoms with Gasteiger partial charge in [0.1, 0.15) is 0 Å². The van der Waals surface area contributed by atoms with Crippen molar-refractivity contribution in [2.45, 2.75) is 38.0 Å². The maximum atomic E-state index is 10.6. The van der Waals surface area contributed by atoms with Crippen molar-refractivity contribution in [1.29, 1.82) is 0 Å². The third-order valence-electron chi connectivity index (χ3n) is 2.82. The lowest BCUT2D eigenvalue weighted by atomic mass is 10.2. The van der Waals surface area contributed by atoms with Crippen LogP contribution in [0.25, 0.3) is 0 Å². The molecule has 1 fully saturated rings. The molecule has 0 unspecified atom stereocenters. The number of carboxylic acid groups (broad SMARTS) is 1. The maximum absolute atomic E-state index is 10.6. The summed E-state index contributed by atoms with van der Waals surface area (Å²) in [7, 11) is 1.68. The highest BCUT2D eigenvalue weighted by molar-refractivity contribution is 7.11. The van der Waals surface area contributed by atoms with Crippen LogP contribution in [0.3, 0.4) is 0 Å². The van der Waals surface area contributed by atoms with Gasteiger partial charge in [0, 0.05) is 24.3 Å². The predicted molar refractivity (Wildman–Crippen MR) is 65.6 cm³/mol. The molecule has 1 aliphatic rings. The Hall–Kier alpha value is -0.940. The van der Waals surface area contributed by atoms with E-state index in [0.717, 1.165) is 17.1 Å². The topological polar surface area (TPSA) is 59.4 Å². The Morgan fingerprint density at radius 3 is 2.88 bits per heavy atom. The summed E-state index contributed by atoms with van der Waals surface area (Å²) < 4.78 is 5.04. The van der Waals surface area contributed by atoms with Crippen molar-refractivity contribution in [3.05, 3.63) is 15.6 Å². The van der Waals surface area contributed by atoms with Crippen molar-refractivity contribution in [3.63, 3.8) is 0 Å². The van der Waals surface area contributed by atoms with Crippen molar-refractivity contribution < 1.29 is 14.6 Å². The van der Waals surface area contributed by atoms with Gasteiger partial charge < -0.3 is 9.84 Å². The molecule has 0 atom stereocenters. The Balaban J connectivity index is 2.05. The first-order valence-corrected chi connectivity index (χ1v) is 6.71. The van der Waals surface area contributed by atoms with Crippen LogP contribution in [0.2, 0.25) is 0 Å². The van der Waals surface area contributed by atoms with Crippen LogP contribution in [0, 0.1) is 0 Å². The molecule has 4 nitrogen and oxygen atoms in total. The molecule has 0 aromatic carbocycles. The molecule has 0 bridgehead atoms. The first-order valence-electron chi connectivity index (χ1n) is 5.90. The number of hydrogen-bond donors (Lipinski definition) is 1. The Morgan fingerprint density at radius 1 is 1.53 bits per heavy atom. The fourth-order valence-corrected chi connectivity index (χ4v) is 2.92. The largest absolute Gasteiger partial charge is 0.481 e. The van der Waals surface area contributed by atoms with Crippen LogP contribution < -0.4 is 0 Å². The summed E-state index contributed by atoms with van der Waals surface area (Å²) in [5.74, 6) is -0.148. The van der Waals surface area contributed by atoms with E-state index < -0.39 is 5.97 Å². The van der Waals surface area contributed by atoms with E-state index in [2.05, 4.69) is 4.98 Å². The van der Waals surface area contributed by atoms with Crippen molar-refractivity contribution in [2.75, 3.05) is 13.7 Å². The summed E-state index contributed by atoms with van der Waals surface area (Å²) in [6, 6.07) is 0. The summed E-state index contributed by atoms with van der Waals surface area (Å²) in [4.78, 5) is 16.4. The van der Waals surface area contributed by atoms with E-state index in [1.165, 1.54) is 17.7 Å². The maximum Gasteiger partial charge on any atom is 0.303 e. The first kappa shape index (κ1) is 12.5. The number of nitrogens with zero attached hydrogens (tertiary/aromatic N) is 1. The standard InChI is InChI=1S/C12H17NO3S/c1-16-7-6-10-13-12(8-2-3-8)9(17-10)4-5-11(14)15/h8H,2-7H2,1H3,(H,14,15). The van der Waals surface area contributed by atoms with E-state index >= 15 is 0 Å². The molecule has 0 amide bonds. The quantitative estimate of drug-likeness (QED) is 0.811. The molecule has 17 heavy (non-hydrogen) atoms. The van der Waals surface area contributed by atoms with Gasteiger partial charge in [-0.05, 0) is 19.3 Å². The van der Waals surface area contributed by atoms with Gasteiger partial charge in [0.15, 0.2) is 0 Å². The van der Waals surface area contributed by atoms with Crippen molar-refractivity contribution >= 4 is 17.3 Å². The Kier molecular flexibility index (Phi) is 4.12. The van der Waals surface area contributed by atoms with Crippen LogP contribution in [-0.4, -0.2) is 29.8 Å². The molecule has 1 N–H and O–H groups in total. The zero-order chi connectivity index (χ0) is 12.3. The van der Waals surface area contributed by atoms with Gasteiger partial charge in [-0.3, -0.25) is 4.79 Å². The molecule has 0 aliphatic heterocycles. The SMILES string of the molecule is COCCc1nc(C2CC2)c(CCC(=O)O)s1. The van der Waals surface area contributed by atoms with Crippen molar-refractivity contribution in [1.82, 2.24) is 4.98 Å². The molecule has 0 saturated heterocycles. The second-order valence-corrected chi connectivity index (χ2v) is 5.50. The summed E-state index contributed by atoms with van der Waals surface area (Å²) >= 11 is 1.66. The molecular formula is C12H17NO3S. The number of carbonyl (C=O) groups is 1. The van der Waals surface area contributed by atoms with Gasteiger partial charge in [-0.1, -0.05) is 0 Å². The molecule has 1 aliphatic carbocycles. The van der Waals surface area contributed by atoms with Gasteiger partial charge >= 0.3 is 5.97 Å². The minimum atomic E-state index is -0.737. The highest BCUT2D eigenvalue weighted by atomic mass is 32.1. The molecular weight excluding hydrogens is 238 g/mol. The second kappa shape index (κ2) is 5.60. The zero-order valence-electron chi connectivity index (χ0n) is 9.94. The van der Waals surface area contributed by atoms with Crippen molar-refractivity contribution in [2.24, 2.45) is 0 Å². The van der Waals surface area contributed by atoms with Gasteiger partial charge in [-0.25, -0.2) is 4.98 Å². The number of aromatic nitrogens is 1. The predicted octanol–water partition coefficient (Wildman–Crippen LogP) is 2.23. The van der Waals surface area contributed by atoms with Gasteiger partial charge in [-0.2, -0.15) is 0 Å². The van der Waals surface area contributed by atoms with Crippen LogP contribution in [-0.2, 0) is 22.4 Å². The van der Waals surface area contributed by atoms with E-state index in [1.807, 2.05) is 0 Å². The van der Waals surface area contributed by atoms with Gasteiger partial charge in [0.2, 0.25) is 0 Å². The van der Waals surface area contributed by atoms with Crippen LogP contribution >= 0.6 is 11.3 Å². The van der Waals surface area contributed by atoms with Crippen LogP contribution in [0.5, 0.6) is 0 Å². The number of carboxylic acids is 1. The molecule has 2 rings (SSSR count). The van der Waals surface area contributed by atoms with E-state index in [-0.39, 0.29) is 6.42 Å². The highest BCUT2D eigenvalue weighted by Gasteiger charge is 2.29. The second-order valence-electron chi connectivity index (χ2n) is 4.33. The average molecular weight is 255 g/mol. The fraction of sp³-hybridized carbons (Fsp3) is 0.667. The number of methoxy groups -OCH3 is 1. The number of thiazole rings is 1. The number of aliphatic carboxylic acids is 1. The lowest BCUT2D eigenvalue weighted by Crippen LogP contribution is -1.98. The molecule has 1 aromatic heterocycles. The smallest absolute Gasteiger partial charge is 0.303 e. The molecule has 1 aromatic rings.